The third-order valence-corrected chi connectivity index (χ3v) is 3.64. The van der Waals surface area contributed by atoms with Crippen LogP contribution in [0.4, 0.5) is 19.3 Å². The van der Waals surface area contributed by atoms with Crippen molar-refractivity contribution in [3.8, 4) is 0 Å². The maximum atomic E-state index is 13.7. The van der Waals surface area contributed by atoms with E-state index in [1.807, 2.05) is 13.8 Å². The Morgan fingerprint density at radius 1 is 1.08 bits per heavy atom. The van der Waals surface area contributed by atoms with Crippen LogP contribution in [-0.2, 0) is 0 Å². The number of carbonyl (C=O) groups is 1. The van der Waals surface area contributed by atoms with Crippen molar-refractivity contribution < 1.29 is 18.7 Å². The highest BCUT2D eigenvalue weighted by molar-refractivity contribution is 5.89. The fourth-order valence-electron chi connectivity index (χ4n) is 2.44. The summed E-state index contributed by atoms with van der Waals surface area (Å²) in [6, 6.07) is 10.8. The maximum absolute atomic E-state index is 13.7. The molecule has 0 aliphatic heterocycles. The first-order valence-corrected chi connectivity index (χ1v) is 8.10. The molecule has 2 rings (SSSR count). The van der Waals surface area contributed by atoms with Gasteiger partial charge < -0.3 is 15.3 Å². The Kier molecular flexibility index (Phi) is 6.47. The fraction of sp³-hybridized carbons (Fsp3) is 0.316. The number of anilines is 1. The molecule has 0 radical (unpaired) electrons. The van der Waals surface area contributed by atoms with E-state index in [2.05, 4.69) is 5.32 Å². The van der Waals surface area contributed by atoms with Crippen LogP contribution in [0.3, 0.4) is 0 Å². The van der Waals surface area contributed by atoms with Crippen molar-refractivity contribution in [2.75, 3.05) is 18.4 Å². The summed E-state index contributed by atoms with van der Waals surface area (Å²) in [6.45, 7) is 4.28. The average molecular weight is 348 g/mol. The number of aliphatic hydroxyl groups excluding tert-OH is 1. The minimum atomic E-state index is -0.967. The van der Waals surface area contributed by atoms with Crippen LogP contribution in [0.15, 0.2) is 48.5 Å². The Labute approximate surface area is 146 Å². The van der Waals surface area contributed by atoms with Crippen LogP contribution in [0, 0.1) is 17.6 Å². The Bertz CT molecular complexity index is 705. The molecule has 0 aliphatic carbocycles. The van der Waals surface area contributed by atoms with E-state index in [9.17, 15) is 18.7 Å². The lowest BCUT2D eigenvalue weighted by Gasteiger charge is -2.27. The number of aliphatic hydroxyl groups is 1. The summed E-state index contributed by atoms with van der Waals surface area (Å²) < 4.78 is 26.7. The van der Waals surface area contributed by atoms with Gasteiger partial charge in [-0.25, -0.2) is 13.6 Å². The van der Waals surface area contributed by atoms with E-state index in [1.165, 1.54) is 47.4 Å². The number of carbonyl (C=O) groups excluding carboxylic acids is 1. The topological polar surface area (TPSA) is 52.6 Å². The molecule has 0 aliphatic rings. The first kappa shape index (κ1) is 18.9. The molecule has 0 aromatic heterocycles. The van der Waals surface area contributed by atoms with Gasteiger partial charge in [0.2, 0.25) is 0 Å². The zero-order chi connectivity index (χ0) is 18.4. The normalized spacial score (nSPS) is 12.1. The van der Waals surface area contributed by atoms with Crippen molar-refractivity contribution in [1.82, 2.24) is 4.90 Å². The molecular weight excluding hydrogens is 326 g/mol. The molecule has 25 heavy (non-hydrogen) atoms. The van der Waals surface area contributed by atoms with Crippen LogP contribution in [0.25, 0.3) is 0 Å². The van der Waals surface area contributed by atoms with E-state index >= 15 is 0 Å². The monoisotopic (exact) mass is 348 g/mol. The number of hydrogen-bond acceptors (Lipinski definition) is 2. The number of urea groups is 1. The third kappa shape index (κ3) is 5.53. The van der Waals surface area contributed by atoms with E-state index < -0.39 is 23.8 Å². The van der Waals surface area contributed by atoms with Gasteiger partial charge in [-0.3, -0.25) is 0 Å². The predicted octanol–water partition coefficient (Wildman–Crippen LogP) is 4.19. The van der Waals surface area contributed by atoms with Gasteiger partial charge in [0, 0.05) is 6.54 Å². The van der Waals surface area contributed by atoms with Crippen LogP contribution < -0.4 is 5.32 Å². The molecule has 6 heteroatoms. The van der Waals surface area contributed by atoms with Crippen molar-refractivity contribution in [1.29, 1.82) is 0 Å². The van der Waals surface area contributed by atoms with Gasteiger partial charge in [-0.1, -0.05) is 38.1 Å². The Morgan fingerprint density at radius 2 is 1.72 bits per heavy atom. The van der Waals surface area contributed by atoms with E-state index in [4.69, 9.17) is 0 Å². The SMILES string of the molecule is CC(C)CN(CC(O)c1ccc(F)cc1)C(=O)Nc1ccccc1F. The lowest BCUT2D eigenvalue weighted by Crippen LogP contribution is -2.40. The van der Waals surface area contributed by atoms with Crippen LogP contribution in [0.1, 0.15) is 25.5 Å². The maximum Gasteiger partial charge on any atom is 0.322 e. The van der Waals surface area contributed by atoms with Gasteiger partial charge in [-0.15, -0.1) is 0 Å². The minimum Gasteiger partial charge on any atom is -0.387 e. The molecule has 134 valence electrons. The summed E-state index contributed by atoms with van der Waals surface area (Å²) in [5, 5.41) is 12.9. The molecular formula is C19H22F2N2O2. The molecule has 2 aromatic rings. The molecule has 2 amide bonds. The summed E-state index contributed by atoms with van der Waals surface area (Å²) in [7, 11) is 0. The van der Waals surface area contributed by atoms with E-state index in [0.717, 1.165) is 0 Å². The molecule has 1 atom stereocenters. The van der Waals surface area contributed by atoms with Crippen molar-refractivity contribution in [2.24, 2.45) is 5.92 Å². The first-order valence-electron chi connectivity index (χ1n) is 8.10. The molecule has 0 saturated heterocycles. The fourth-order valence-corrected chi connectivity index (χ4v) is 2.44. The lowest BCUT2D eigenvalue weighted by atomic mass is 10.1. The van der Waals surface area contributed by atoms with Crippen LogP contribution in [0.2, 0.25) is 0 Å². The zero-order valence-electron chi connectivity index (χ0n) is 14.2. The molecule has 0 fully saturated rings. The van der Waals surface area contributed by atoms with Gasteiger partial charge in [0.05, 0.1) is 18.3 Å². The summed E-state index contributed by atoms with van der Waals surface area (Å²) in [4.78, 5) is 13.9. The highest BCUT2D eigenvalue weighted by Crippen LogP contribution is 2.18. The molecule has 0 spiro atoms. The van der Waals surface area contributed by atoms with E-state index in [1.54, 1.807) is 6.07 Å². The summed E-state index contributed by atoms with van der Waals surface area (Å²) in [6.07, 6.45) is -0.967. The number of para-hydroxylation sites is 1. The largest absolute Gasteiger partial charge is 0.387 e. The Hall–Kier alpha value is -2.47. The highest BCUT2D eigenvalue weighted by Gasteiger charge is 2.20. The molecule has 0 heterocycles. The first-order chi connectivity index (χ1) is 11.9. The van der Waals surface area contributed by atoms with Crippen LogP contribution in [-0.4, -0.2) is 29.1 Å². The quantitative estimate of drug-likeness (QED) is 0.822. The second kappa shape index (κ2) is 8.58. The van der Waals surface area contributed by atoms with Gasteiger partial charge in [0.25, 0.3) is 0 Å². The Balaban J connectivity index is 2.10. The molecule has 4 nitrogen and oxygen atoms in total. The van der Waals surface area contributed by atoms with Gasteiger partial charge in [0.15, 0.2) is 0 Å². The minimum absolute atomic E-state index is 0.0180. The molecule has 0 saturated carbocycles. The van der Waals surface area contributed by atoms with Gasteiger partial charge in [-0.05, 0) is 35.7 Å². The second-order valence-corrected chi connectivity index (χ2v) is 6.28. The summed E-state index contributed by atoms with van der Waals surface area (Å²) in [5.41, 5.74) is 0.589. The van der Waals surface area contributed by atoms with E-state index in [0.29, 0.717) is 12.1 Å². The Morgan fingerprint density at radius 3 is 2.32 bits per heavy atom. The number of nitrogens with zero attached hydrogens (tertiary/aromatic N) is 1. The number of rotatable bonds is 6. The number of hydrogen-bond donors (Lipinski definition) is 2. The number of benzene rings is 2. The van der Waals surface area contributed by atoms with Crippen molar-refractivity contribution in [3.05, 3.63) is 65.7 Å². The van der Waals surface area contributed by atoms with Gasteiger partial charge in [0.1, 0.15) is 11.6 Å². The molecule has 2 N–H and O–H groups in total. The average Bonchev–Trinajstić information content (AvgIpc) is 2.56. The van der Waals surface area contributed by atoms with Gasteiger partial charge in [-0.2, -0.15) is 0 Å². The predicted molar refractivity (Wildman–Crippen MR) is 93.2 cm³/mol. The number of amides is 2. The van der Waals surface area contributed by atoms with Crippen LogP contribution in [0.5, 0.6) is 0 Å². The van der Waals surface area contributed by atoms with E-state index in [-0.39, 0.29) is 18.2 Å². The smallest absolute Gasteiger partial charge is 0.322 e. The lowest BCUT2D eigenvalue weighted by molar-refractivity contribution is 0.121. The highest BCUT2D eigenvalue weighted by atomic mass is 19.1. The second-order valence-electron chi connectivity index (χ2n) is 6.28. The number of halogens is 2. The zero-order valence-corrected chi connectivity index (χ0v) is 14.2. The van der Waals surface area contributed by atoms with Crippen molar-refractivity contribution in [3.63, 3.8) is 0 Å². The number of nitrogens with one attached hydrogen (secondary N) is 1. The summed E-state index contributed by atoms with van der Waals surface area (Å²) >= 11 is 0. The molecule has 1 unspecified atom stereocenters. The third-order valence-electron chi connectivity index (χ3n) is 3.64. The summed E-state index contributed by atoms with van der Waals surface area (Å²) in [5.74, 6) is -0.765. The molecule has 2 aromatic carbocycles. The van der Waals surface area contributed by atoms with Crippen molar-refractivity contribution >= 4 is 11.7 Å². The standard InChI is InChI=1S/C19H22F2N2O2/c1-13(2)11-23(12-18(24)14-7-9-15(20)10-8-14)19(25)22-17-6-4-3-5-16(17)21/h3-10,13,18,24H,11-12H2,1-2H3,(H,22,25). The molecule has 0 bridgehead atoms. The van der Waals surface area contributed by atoms with Crippen LogP contribution >= 0.6 is 0 Å². The van der Waals surface area contributed by atoms with Crippen molar-refractivity contribution in [2.45, 2.75) is 20.0 Å². The van der Waals surface area contributed by atoms with Gasteiger partial charge >= 0.3 is 6.03 Å².